The van der Waals surface area contributed by atoms with Gasteiger partial charge < -0.3 is 33.2 Å². The average Bonchev–Trinajstić information content (AvgIpc) is 3.01. The first-order valence-corrected chi connectivity index (χ1v) is 12.2. The van der Waals surface area contributed by atoms with E-state index in [-0.39, 0.29) is 0 Å². The minimum Gasteiger partial charge on any atom is -0.462 e. The van der Waals surface area contributed by atoms with Crippen LogP contribution in [0.15, 0.2) is 75.9 Å². The topological polar surface area (TPSA) is 167 Å². The molecule has 0 aliphatic rings. The van der Waals surface area contributed by atoms with Crippen LogP contribution in [-0.2, 0) is 61.9 Å². The first kappa shape index (κ1) is 37.2. The Bertz CT molecular complexity index is 972. The summed E-state index contributed by atoms with van der Waals surface area (Å²) in [6.45, 7) is 18.1. The largest absolute Gasteiger partial charge is 0.462 e. The number of hydrogen-bond acceptors (Lipinski definition) is 13. The normalized spacial score (nSPS) is 11.4. The minimum atomic E-state index is -1.53. The fourth-order valence-corrected chi connectivity index (χ4v) is 2.94. The van der Waals surface area contributed by atoms with Gasteiger partial charge >= 0.3 is 35.8 Å². The third-order valence-corrected chi connectivity index (χ3v) is 5.52. The molecule has 0 aliphatic carbocycles. The second kappa shape index (κ2) is 19.3. The van der Waals surface area contributed by atoms with Gasteiger partial charge in [0.2, 0.25) is 0 Å². The number of ether oxygens (including phenoxy) is 7. The predicted octanol–water partition coefficient (Wildman–Crippen LogP) is 1.74. The molecule has 13 nitrogen and oxygen atoms in total. The van der Waals surface area contributed by atoms with Gasteiger partial charge in [-0.25, -0.2) is 28.8 Å². The van der Waals surface area contributed by atoms with Crippen molar-refractivity contribution in [3.05, 3.63) is 75.9 Å². The Morgan fingerprint density at radius 1 is 0.500 bits per heavy atom. The maximum Gasteiger partial charge on any atom is 0.330 e. The molecule has 0 bridgehead atoms. The predicted molar refractivity (Wildman–Crippen MR) is 147 cm³/mol. The van der Waals surface area contributed by atoms with E-state index in [2.05, 4.69) is 39.5 Å². The first-order valence-electron chi connectivity index (χ1n) is 12.2. The second-order valence-corrected chi connectivity index (χ2v) is 8.70. The Morgan fingerprint density at radius 3 is 1.12 bits per heavy atom. The van der Waals surface area contributed by atoms with Crippen LogP contribution in [0.5, 0.6) is 0 Å². The van der Waals surface area contributed by atoms with Crippen LogP contribution in [0.25, 0.3) is 0 Å². The smallest absolute Gasteiger partial charge is 0.330 e. The molecule has 0 heterocycles. The van der Waals surface area contributed by atoms with E-state index in [1.807, 2.05) is 0 Å². The summed E-state index contributed by atoms with van der Waals surface area (Å²) in [5, 5.41) is 0. The molecule has 0 rings (SSSR count). The minimum absolute atomic E-state index is 0.430. The molecule has 0 saturated carbocycles. The highest BCUT2D eigenvalue weighted by Crippen LogP contribution is 2.30. The van der Waals surface area contributed by atoms with Gasteiger partial charge in [0.15, 0.2) is 0 Å². The first-order chi connectivity index (χ1) is 19.9. The van der Waals surface area contributed by atoms with Crippen molar-refractivity contribution in [1.29, 1.82) is 0 Å². The lowest BCUT2D eigenvalue weighted by molar-refractivity contribution is -0.178. The van der Waals surface area contributed by atoms with E-state index in [9.17, 15) is 28.8 Å². The van der Waals surface area contributed by atoms with Crippen LogP contribution in [0.3, 0.4) is 0 Å². The zero-order valence-corrected chi connectivity index (χ0v) is 23.5. The van der Waals surface area contributed by atoms with Crippen molar-refractivity contribution in [3.63, 3.8) is 0 Å². The summed E-state index contributed by atoms with van der Waals surface area (Å²) >= 11 is 0. The molecule has 0 radical (unpaired) electrons. The Hall–Kier alpha value is -4.78. The molecule has 0 aromatic heterocycles. The van der Waals surface area contributed by atoms with Crippen LogP contribution in [0.2, 0.25) is 0 Å². The van der Waals surface area contributed by atoms with Gasteiger partial charge in [-0.3, -0.25) is 0 Å². The third-order valence-electron chi connectivity index (χ3n) is 5.52. The van der Waals surface area contributed by atoms with Crippen LogP contribution < -0.4 is 0 Å². The summed E-state index contributed by atoms with van der Waals surface area (Å²) in [7, 11) is 0. The van der Waals surface area contributed by atoms with Crippen LogP contribution in [0.4, 0.5) is 0 Å². The van der Waals surface area contributed by atoms with Crippen molar-refractivity contribution in [3.8, 4) is 0 Å². The molecule has 0 spiro atoms. The molecule has 13 heteroatoms. The van der Waals surface area contributed by atoms with Crippen molar-refractivity contribution in [2.24, 2.45) is 10.8 Å². The Labute approximate surface area is 244 Å². The van der Waals surface area contributed by atoms with Crippen molar-refractivity contribution < 1.29 is 61.9 Å². The highest BCUT2D eigenvalue weighted by atomic mass is 16.6. The Balaban J connectivity index is 6.49. The molecular formula is C29H36O13. The van der Waals surface area contributed by atoms with Crippen LogP contribution >= 0.6 is 0 Å². The molecular weight excluding hydrogens is 556 g/mol. The van der Waals surface area contributed by atoms with Crippen LogP contribution in [0, 0.1) is 10.8 Å². The highest BCUT2D eigenvalue weighted by molar-refractivity contribution is 5.83. The molecule has 42 heavy (non-hydrogen) atoms. The van der Waals surface area contributed by atoms with Gasteiger partial charge in [-0.05, 0) is 6.92 Å². The van der Waals surface area contributed by atoms with Gasteiger partial charge in [-0.15, -0.1) is 0 Å². The molecule has 0 N–H and O–H groups in total. The van der Waals surface area contributed by atoms with E-state index in [0.29, 0.717) is 0 Å². The number of carbonyl (C=O) groups is 6. The van der Waals surface area contributed by atoms with Crippen LogP contribution in [-0.4, -0.2) is 88.2 Å². The summed E-state index contributed by atoms with van der Waals surface area (Å²) in [5.74, 6) is -5.02. The molecule has 0 aromatic rings. The summed E-state index contributed by atoms with van der Waals surface area (Å²) < 4.78 is 37.2. The lowest BCUT2D eigenvalue weighted by atomic mass is 9.84. The lowest BCUT2D eigenvalue weighted by Gasteiger charge is -2.38. The molecule has 0 amide bonds. The van der Waals surface area contributed by atoms with E-state index in [4.69, 9.17) is 33.2 Å². The van der Waals surface area contributed by atoms with Gasteiger partial charge in [0, 0.05) is 36.5 Å². The maximum absolute atomic E-state index is 12.0. The molecule has 0 saturated heterocycles. The van der Waals surface area contributed by atoms with Crippen LogP contribution in [0.1, 0.15) is 6.92 Å². The third kappa shape index (κ3) is 13.5. The fraction of sp³-hybridized carbons (Fsp3) is 0.379. The monoisotopic (exact) mass is 592 g/mol. The highest BCUT2D eigenvalue weighted by Gasteiger charge is 2.44. The molecule has 230 valence electrons. The summed E-state index contributed by atoms with van der Waals surface area (Å²) in [5.41, 5.74) is -3.03. The standard InChI is InChI=1S/C29H36O13/c1-8-22(30)37-15-28(16-38-23(31)9-2,17-39-24(32)10-3)14-36-18-29(19-40-25(33)11-4,20-41-26(34)12-5)21(7)42-27(35)13-6/h8-13,21H,1-6,14-20H2,7H3. The molecule has 1 unspecified atom stereocenters. The van der Waals surface area contributed by atoms with Gasteiger partial charge in [0.25, 0.3) is 0 Å². The number of esters is 6. The quantitative estimate of drug-likeness (QED) is 0.101. The number of hydrogen-bond donors (Lipinski definition) is 0. The SMILES string of the molecule is C=CC(=O)OCC(COCC(COC(=O)C=C)(COC(=O)C=C)C(C)OC(=O)C=C)(COC(=O)C=C)COC(=O)C=C. The van der Waals surface area contributed by atoms with Crippen molar-refractivity contribution in [2.75, 3.05) is 46.2 Å². The number of rotatable bonds is 22. The summed E-state index contributed by atoms with van der Waals surface area (Å²) in [6, 6.07) is 0. The fourth-order valence-electron chi connectivity index (χ4n) is 2.94. The Kier molecular flexibility index (Phi) is 17.1. The summed E-state index contributed by atoms with van der Waals surface area (Å²) in [6.07, 6.45) is 4.22. The lowest BCUT2D eigenvalue weighted by Crippen LogP contribution is -2.50. The average molecular weight is 593 g/mol. The van der Waals surface area contributed by atoms with Crippen molar-refractivity contribution in [1.82, 2.24) is 0 Å². The molecule has 0 aromatic carbocycles. The van der Waals surface area contributed by atoms with Crippen molar-refractivity contribution >= 4 is 35.8 Å². The Morgan fingerprint density at radius 2 is 0.810 bits per heavy atom. The van der Waals surface area contributed by atoms with Gasteiger partial charge in [-0.2, -0.15) is 0 Å². The van der Waals surface area contributed by atoms with E-state index < -0.39 is 99.0 Å². The van der Waals surface area contributed by atoms with Gasteiger partial charge in [0.1, 0.15) is 39.1 Å². The second-order valence-electron chi connectivity index (χ2n) is 8.70. The zero-order chi connectivity index (χ0) is 32.2. The summed E-state index contributed by atoms with van der Waals surface area (Å²) in [4.78, 5) is 71.4. The number of carbonyl (C=O) groups excluding carboxylic acids is 6. The van der Waals surface area contributed by atoms with Gasteiger partial charge in [-0.1, -0.05) is 39.5 Å². The molecule has 1 atom stereocenters. The molecule has 0 aliphatic heterocycles. The molecule has 0 fully saturated rings. The van der Waals surface area contributed by atoms with E-state index in [1.54, 1.807) is 0 Å². The maximum atomic E-state index is 12.0. The van der Waals surface area contributed by atoms with Gasteiger partial charge in [0.05, 0.1) is 24.0 Å². The zero-order valence-electron chi connectivity index (χ0n) is 23.5. The van der Waals surface area contributed by atoms with Crippen molar-refractivity contribution in [2.45, 2.75) is 13.0 Å². The van der Waals surface area contributed by atoms with E-state index in [1.165, 1.54) is 6.92 Å². The van der Waals surface area contributed by atoms with E-state index in [0.717, 1.165) is 36.5 Å². The van der Waals surface area contributed by atoms with E-state index >= 15 is 0 Å².